The quantitative estimate of drug-likeness (QED) is 0.523. The van der Waals surface area contributed by atoms with Crippen LogP contribution in [0.5, 0.6) is 0 Å². The lowest BCUT2D eigenvalue weighted by atomic mass is 10.00. The molecule has 31 heavy (non-hydrogen) atoms. The fourth-order valence-electron chi connectivity index (χ4n) is 4.43. The lowest BCUT2D eigenvalue weighted by molar-refractivity contribution is -0.131. The second-order valence-electron chi connectivity index (χ2n) is 8.18. The maximum absolute atomic E-state index is 13.3. The highest BCUT2D eigenvalue weighted by molar-refractivity contribution is 7.10. The molecule has 166 valence electrons. The van der Waals surface area contributed by atoms with Gasteiger partial charge in [-0.1, -0.05) is 6.07 Å². The van der Waals surface area contributed by atoms with Crippen LogP contribution in [0.25, 0.3) is 11.4 Å². The van der Waals surface area contributed by atoms with Gasteiger partial charge in [-0.15, -0.1) is 11.3 Å². The molecular formula is C21H29N7O2S. The van der Waals surface area contributed by atoms with Gasteiger partial charge in [0.2, 0.25) is 5.91 Å². The van der Waals surface area contributed by atoms with Gasteiger partial charge in [0.15, 0.2) is 0 Å². The average molecular weight is 444 g/mol. The van der Waals surface area contributed by atoms with Crippen molar-refractivity contribution in [2.45, 2.75) is 37.3 Å². The first kappa shape index (κ1) is 20.9. The summed E-state index contributed by atoms with van der Waals surface area (Å²) in [4.78, 5) is 24.8. The van der Waals surface area contributed by atoms with E-state index in [1.165, 1.54) is 11.3 Å². The van der Waals surface area contributed by atoms with Gasteiger partial charge in [0.05, 0.1) is 30.8 Å². The number of morpholine rings is 1. The number of nitrogens with zero attached hydrogens (tertiary/aromatic N) is 3. The van der Waals surface area contributed by atoms with Crippen LogP contribution >= 0.6 is 11.3 Å². The Hall–Kier alpha value is -1.95. The fourth-order valence-corrected chi connectivity index (χ4v) is 5.37. The minimum absolute atomic E-state index is 0.00145. The molecule has 0 aliphatic carbocycles. The average Bonchev–Trinajstić information content (AvgIpc) is 3.30. The zero-order valence-electron chi connectivity index (χ0n) is 17.4. The highest BCUT2D eigenvalue weighted by Crippen LogP contribution is 2.29. The molecule has 3 fully saturated rings. The van der Waals surface area contributed by atoms with E-state index >= 15 is 0 Å². The third-order valence-corrected chi connectivity index (χ3v) is 7.00. The maximum atomic E-state index is 13.3. The van der Waals surface area contributed by atoms with Crippen molar-refractivity contribution in [1.29, 1.82) is 0 Å². The molecule has 0 aromatic carbocycles. The number of amides is 1. The summed E-state index contributed by atoms with van der Waals surface area (Å²) < 4.78 is 5.48. The Balaban J connectivity index is 1.38. The van der Waals surface area contributed by atoms with Gasteiger partial charge in [-0.05, 0) is 31.5 Å². The number of ether oxygens (including phenoxy) is 1. The van der Waals surface area contributed by atoms with Crippen molar-refractivity contribution in [1.82, 2.24) is 36.1 Å². The molecule has 9 nitrogen and oxygen atoms in total. The minimum atomic E-state index is -0.401. The Kier molecular flexibility index (Phi) is 6.53. The number of piperidine rings is 1. The first-order chi connectivity index (χ1) is 15.3. The van der Waals surface area contributed by atoms with E-state index in [0.29, 0.717) is 19.3 Å². The normalized spacial score (nSPS) is 30.1. The molecule has 4 atom stereocenters. The molecule has 0 bridgehead atoms. The summed E-state index contributed by atoms with van der Waals surface area (Å²) in [6, 6.07) is 6.10. The van der Waals surface area contributed by atoms with Crippen LogP contribution < -0.4 is 21.3 Å². The van der Waals surface area contributed by atoms with E-state index < -0.39 is 5.92 Å². The van der Waals surface area contributed by atoms with E-state index in [0.717, 1.165) is 55.4 Å². The van der Waals surface area contributed by atoms with Crippen LogP contribution in [-0.2, 0) is 9.53 Å². The number of rotatable bonds is 5. The molecule has 0 radical (unpaired) electrons. The highest BCUT2D eigenvalue weighted by atomic mass is 32.1. The van der Waals surface area contributed by atoms with E-state index in [-0.39, 0.29) is 18.4 Å². The number of hydrogen-bond acceptors (Lipinski definition) is 9. The maximum Gasteiger partial charge on any atom is 0.235 e. The van der Waals surface area contributed by atoms with Crippen molar-refractivity contribution >= 4 is 17.2 Å². The predicted octanol–water partition coefficient (Wildman–Crippen LogP) is 0.292. The minimum Gasteiger partial charge on any atom is -0.379 e. The van der Waals surface area contributed by atoms with E-state index in [1.54, 1.807) is 6.20 Å². The fraction of sp³-hybridized carbons (Fsp3) is 0.571. The Labute approximate surface area is 186 Å². The van der Waals surface area contributed by atoms with E-state index in [2.05, 4.69) is 31.2 Å². The van der Waals surface area contributed by atoms with Crippen LogP contribution in [-0.4, -0.2) is 78.7 Å². The zero-order valence-corrected chi connectivity index (χ0v) is 18.2. The molecule has 3 aliphatic rings. The molecule has 2 aromatic rings. The SMILES string of the molecule is O=C1NC(N2CCOCC2)NC(N[C@@H]2CCCNC2)C1c1nc(-c2ccccn2)cs1. The number of aromatic nitrogens is 2. The van der Waals surface area contributed by atoms with Crippen molar-refractivity contribution in [2.75, 3.05) is 39.4 Å². The number of hydrogen-bond donors (Lipinski definition) is 4. The van der Waals surface area contributed by atoms with Crippen LogP contribution in [0, 0.1) is 0 Å². The summed E-state index contributed by atoms with van der Waals surface area (Å²) >= 11 is 1.52. The summed E-state index contributed by atoms with van der Waals surface area (Å²) in [6.45, 7) is 4.91. The van der Waals surface area contributed by atoms with E-state index in [1.807, 2.05) is 23.6 Å². The molecule has 0 saturated carbocycles. The van der Waals surface area contributed by atoms with Crippen molar-refractivity contribution in [3.63, 3.8) is 0 Å². The summed E-state index contributed by atoms with van der Waals surface area (Å²) in [6.07, 6.45) is 3.58. The summed E-state index contributed by atoms with van der Waals surface area (Å²) in [7, 11) is 0. The summed E-state index contributed by atoms with van der Waals surface area (Å²) in [5.41, 5.74) is 1.63. The topological polar surface area (TPSA) is 103 Å². The van der Waals surface area contributed by atoms with Gasteiger partial charge in [-0.25, -0.2) is 4.98 Å². The largest absolute Gasteiger partial charge is 0.379 e. The smallest absolute Gasteiger partial charge is 0.235 e. The van der Waals surface area contributed by atoms with Crippen LogP contribution in [0.3, 0.4) is 0 Å². The van der Waals surface area contributed by atoms with Crippen LogP contribution in [0.1, 0.15) is 23.8 Å². The van der Waals surface area contributed by atoms with E-state index in [4.69, 9.17) is 9.72 Å². The van der Waals surface area contributed by atoms with Crippen LogP contribution in [0.2, 0.25) is 0 Å². The van der Waals surface area contributed by atoms with Gasteiger partial charge < -0.3 is 15.4 Å². The summed E-state index contributed by atoms with van der Waals surface area (Å²) in [5, 5.41) is 16.8. The van der Waals surface area contributed by atoms with Crippen molar-refractivity contribution in [3.8, 4) is 11.4 Å². The molecule has 1 amide bonds. The van der Waals surface area contributed by atoms with Crippen molar-refractivity contribution in [3.05, 3.63) is 34.8 Å². The lowest BCUT2D eigenvalue weighted by Gasteiger charge is -2.44. The standard InChI is InChI=1S/C21H29N7O2S/c29-19-17(20-25-16(13-31-20)15-5-1-2-7-23-15)18(24-14-4-3-6-22-12-14)26-21(27-19)28-8-10-30-11-9-28/h1-2,5,7,13-14,17-18,21-22,24,26H,3-4,6,8-12H2,(H,27,29)/t14-,17?,18?,21?/m1/s1. The van der Waals surface area contributed by atoms with Gasteiger partial charge in [-0.3, -0.25) is 25.3 Å². The van der Waals surface area contributed by atoms with Crippen molar-refractivity contribution < 1.29 is 9.53 Å². The van der Waals surface area contributed by atoms with Crippen molar-refractivity contribution in [2.24, 2.45) is 0 Å². The molecule has 5 heterocycles. The number of thiazole rings is 1. The number of carbonyl (C=O) groups excluding carboxylic acids is 1. The molecule has 2 aromatic heterocycles. The molecule has 3 unspecified atom stereocenters. The second-order valence-corrected chi connectivity index (χ2v) is 9.07. The number of nitrogens with one attached hydrogen (secondary N) is 4. The first-order valence-corrected chi connectivity index (χ1v) is 11.9. The molecule has 0 spiro atoms. The van der Waals surface area contributed by atoms with Gasteiger partial charge >= 0.3 is 0 Å². The molecule has 5 rings (SSSR count). The van der Waals surface area contributed by atoms with Gasteiger partial charge in [0.1, 0.15) is 17.2 Å². The molecule has 3 saturated heterocycles. The number of pyridine rings is 1. The van der Waals surface area contributed by atoms with Crippen LogP contribution in [0.15, 0.2) is 29.8 Å². The Morgan fingerprint density at radius 3 is 2.90 bits per heavy atom. The predicted molar refractivity (Wildman–Crippen MR) is 118 cm³/mol. The monoisotopic (exact) mass is 443 g/mol. The van der Waals surface area contributed by atoms with Gasteiger partial charge in [0.25, 0.3) is 0 Å². The zero-order chi connectivity index (χ0) is 21.0. The third-order valence-electron chi connectivity index (χ3n) is 6.07. The summed E-state index contributed by atoms with van der Waals surface area (Å²) in [5.74, 6) is -0.403. The van der Waals surface area contributed by atoms with E-state index in [9.17, 15) is 4.79 Å². The van der Waals surface area contributed by atoms with Gasteiger partial charge in [0, 0.05) is 37.3 Å². The van der Waals surface area contributed by atoms with Crippen LogP contribution in [0.4, 0.5) is 0 Å². The Morgan fingerprint density at radius 2 is 2.13 bits per heavy atom. The molecular weight excluding hydrogens is 414 g/mol. The Morgan fingerprint density at radius 1 is 1.23 bits per heavy atom. The second kappa shape index (κ2) is 9.68. The first-order valence-electron chi connectivity index (χ1n) is 11.0. The molecule has 3 aliphatic heterocycles. The highest BCUT2D eigenvalue weighted by Gasteiger charge is 2.42. The number of carbonyl (C=O) groups is 1. The lowest BCUT2D eigenvalue weighted by Crippen LogP contribution is -2.71. The molecule has 4 N–H and O–H groups in total. The van der Waals surface area contributed by atoms with Gasteiger partial charge in [-0.2, -0.15) is 0 Å². The molecule has 10 heteroatoms. The Bertz CT molecular complexity index is 868. The third kappa shape index (κ3) is 4.79.